The van der Waals surface area contributed by atoms with Gasteiger partial charge in [0.05, 0.1) is 6.54 Å². The Bertz CT molecular complexity index is 481. The van der Waals surface area contributed by atoms with Gasteiger partial charge in [0.25, 0.3) is 0 Å². The lowest BCUT2D eigenvalue weighted by Crippen LogP contribution is -2.26. The van der Waals surface area contributed by atoms with Crippen LogP contribution in [0, 0.1) is 0 Å². The van der Waals surface area contributed by atoms with Gasteiger partial charge in [0, 0.05) is 30.1 Å². The van der Waals surface area contributed by atoms with Crippen LogP contribution in [0.1, 0.15) is 12.3 Å². The maximum atomic E-state index is 5.85. The Morgan fingerprint density at radius 2 is 2.53 bits per heavy atom. The Morgan fingerprint density at radius 1 is 1.59 bits per heavy atom. The van der Waals surface area contributed by atoms with Crippen LogP contribution in [0.4, 0.5) is 0 Å². The summed E-state index contributed by atoms with van der Waals surface area (Å²) in [5.74, 6) is 1.34. The highest BCUT2D eigenvalue weighted by atomic mass is 32.1. The molecule has 0 amide bonds. The van der Waals surface area contributed by atoms with Gasteiger partial charge < -0.3 is 10.3 Å². The molecule has 0 unspecified atom stereocenters. The number of rotatable bonds is 3. The van der Waals surface area contributed by atoms with Gasteiger partial charge in [-0.15, -0.1) is 0 Å². The highest BCUT2D eigenvalue weighted by molar-refractivity contribution is 7.08. The largest absolute Gasteiger partial charge is 0.338 e. The van der Waals surface area contributed by atoms with E-state index >= 15 is 0 Å². The average Bonchev–Trinajstić information content (AvgIpc) is 3.00. The number of nitrogens with zero attached hydrogens (tertiary/aromatic N) is 3. The summed E-state index contributed by atoms with van der Waals surface area (Å²) in [5, 5.41) is 8.00. The van der Waals surface area contributed by atoms with Crippen molar-refractivity contribution in [1.82, 2.24) is 15.0 Å². The van der Waals surface area contributed by atoms with E-state index in [1.54, 1.807) is 11.3 Å². The molecule has 1 aliphatic rings. The Balaban J connectivity index is 1.69. The third kappa shape index (κ3) is 2.38. The Kier molecular flexibility index (Phi) is 2.92. The number of likely N-dealkylation sites (tertiary alicyclic amines) is 1. The molecule has 2 N–H and O–H groups in total. The van der Waals surface area contributed by atoms with Gasteiger partial charge in [-0.3, -0.25) is 4.90 Å². The normalized spacial score (nSPS) is 21.1. The van der Waals surface area contributed by atoms with Crippen LogP contribution in [0.5, 0.6) is 0 Å². The summed E-state index contributed by atoms with van der Waals surface area (Å²) in [5.41, 5.74) is 6.87. The molecule has 1 fully saturated rings. The van der Waals surface area contributed by atoms with E-state index in [1.807, 2.05) is 16.8 Å². The first-order chi connectivity index (χ1) is 8.31. The molecule has 3 rings (SSSR count). The van der Waals surface area contributed by atoms with Crippen molar-refractivity contribution in [2.75, 3.05) is 13.1 Å². The molecule has 17 heavy (non-hydrogen) atoms. The van der Waals surface area contributed by atoms with Crippen LogP contribution in [0.2, 0.25) is 0 Å². The Labute approximate surface area is 103 Å². The lowest BCUT2D eigenvalue weighted by molar-refractivity contribution is 0.265. The van der Waals surface area contributed by atoms with E-state index in [0.29, 0.717) is 18.3 Å². The van der Waals surface area contributed by atoms with Crippen molar-refractivity contribution in [3.05, 3.63) is 22.7 Å². The van der Waals surface area contributed by atoms with Crippen molar-refractivity contribution in [2.24, 2.45) is 5.73 Å². The van der Waals surface area contributed by atoms with Gasteiger partial charge in [-0.25, -0.2) is 0 Å². The summed E-state index contributed by atoms with van der Waals surface area (Å²) in [6, 6.07) is 2.28. The van der Waals surface area contributed by atoms with E-state index in [9.17, 15) is 0 Å². The molecule has 0 saturated carbocycles. The molecule has 0 spiro atoms. The molecule has 0 bridgehead atoms. The first-order valence-corrected chi connectivity index (χ1v) is 6.58. The van der Waals surface area contributed by atoms with Gasteiger partial charge in [0.2, 0.25) is 11.7 Å². The molecule has 0 aliphatic carbocycles. The summed E-state index contributed by atoms with van der Waals surface area (Å²) in [6.07, 6.45) is 1.05. The monoisotopic (exact) mass is 250 g/mol. The van der Waals surface area contributed by atoms with Crippen LogP contribution in [0.15, 0.2) is 21.3 Å². The summed E-state index contributed by atoms with van der Waals surface area (Å²) in [4.78, 5) is 6.63. The molecule has 1 saturated heterocycles. The molecule has 1 aliphatic heterocycles. The Morgan fingerprint density at radius 3 is 3.24 bits per heavy atom. The minimum atomic E-state index is 0.286. The third-order valence-electron chi connectivity index (χ3n) is 2.92. The van der Waals surface area contributed by atoms with Crippen molar-refractivity contribution < 1.29 is 4.52 Å². The van der Waals surface area contributed by atoms with Crippen LogP contribution in [0.25, 0.3) is 11.4 Å². The number of thiophene rings is 1. The van der Waals surface area contributed by atoms with Gasteiger partial charge in [-0.2, -0.15) is 16.3 Å². The van der Waals surface area contributed by atoms with Crippen molar-refractivity contribution in [3.63, 3.8) is 0 Å². The zero-order valence-electron chi connectivity index (χ0n) is 9.37. The van der Waals surface area contributed by atoms with Crippen LogP contribution in [-0.4, -0.2) is 34.2 Å². The molecular formula is C11H14N4OS. The number of aromatic nitrogens is 2. The van der Waals surface area contributed by atoms with Crippen LogP contribution >= 0.6 is 11.3 Å². The molecule has 0 radical (unpaired) electrons. The minimum Gasteiger partial charge on any atom is -0.338 e. The maximum absolute atomic E-state index is 5.85. The molecule has 5 nitrogen and oxygen atoms in total. The summed E-state index contributed by atoms with van der Waals surface area (Å²) >= 11 is 1.63. The topological polar surface area (TPSA) is 68.2 Å². The van der Waals surface area contributed by atoms with Gasteiger partial charge in [-0.05, 0) is 17.9 Å². The minimum absolute atomic E-state index is 0.286. The Hall–Kier alpha value is -1.24. The molecule has 1 atom stereocenters. The van der Waals surface area contributed by atoms with E-state index in [0.717, 1.165) is 25.1 Å². The van der Waals surface area contributed by atoms with Gasteiger partial charge in [0.1, 0.15) is 0 Å². The van der Waals surface area contributed by atoms with E-state index in [1.165, 1.54) is 0 Å². The van der Waals surface area contributed by atoms with E-state index in [-0.39, 0.29) is 6.04 Å². The van der Waals surface area contributed by atoms with Crippen LogP contribution in [0.3, 0.4) is 0 Å². The first kappa shape index (κ1) is 10.9. The standard InChI is InChI=1S/C11H14N4OS/c12-9-1-3-15(5-9)6-10-13-11(14-16-10)8-2-4-17-7-8/h2,4,7,9H,1,3,5-6,12H2/t9-/m1/s1. The number of hydrogen-bond donors (Lipinski definition) is 1. The molecule has 6 heteroatoms. The van der Waals surface area contributed by atoms with Gasteiger partial charge in [0.15, 0.2) is 0 Å². The van der Waals surface area contributed by atoms with Crippen LogP contribution in [-0.2, 0) is 6.54 Å². The predicted octanol–water partition coefficient (Wildman–Crippen LogP) is 1.33. The maximum Gasteiger partial charge on any atom is 0.241 e. The molecule has 90 valence electrons. The molecule has 2 aromatic rings. The van der Waals surface area contributed by atoms with E-state index < -0.39 is 0 Å². The van der Waals surface area contributed by atoms with Crippen molar-refractivity contribution in [1.29, 1.82) is 0 Å². The molecular weight excluding hydrogens is 236 g/mol. The SMILES string of the molecule is N[C@@H]1CCN(Cc2nc(-c3ccsc3)no2)C1. The van der Waals surface area contributed by atoms with Crippen LogP contribution < -0.4 is 5.73 Å². The zero-order valence-corrected chi connectivity index (χ0v) is 10.2. The smallest absolute Gasteiger partial charge is 0.241 e. The summed E-state index contributed by atoms with van der Waals surface area (Å²) < 4.78 is 5.25. The van der Waals surface area contributed by atoms with Gasteiger partial charge in [-0.1, -0.05) is 5.16 Å². The second kappa shape index (κ2) is 4.56. The first-order valence-electron chi connectivity index (χ1n) is 5.64. The third-order valence-corrected chi connectivity index (χ3v) is 3.60. The zero-order chi connectivity index (χ0) is 11.7. The van der Waals surface area contributed by atoms with E-state index in [2.05, 4.69) is 15.0 Å². The highest BCUT2D eigenvalue weighted by Gasteiger charge is 2.21. The van der Waals surface area contributed by atoms with Gasteiger partial charge >= 0.3 is 0 Å². The van der Waals surface area contributed by atoms with Crippen molar-refractivity contribution in [2.45, 2.75) is 19.0 Å². The molecule has 0 aromatic carbocycles. The number of nitrogens with two attached hydrogens (primary N) is 1. The lowest BCUT2D eigenvalue weighted by atomic mass is 10.3. The van der Waals surface area contributed by atoms with Crippen molar-refractivity contribution in [3.8, 4) is 11.4 Å². The number of hydrogen-bond acceptors (Lipinski definition) is 6. The van der Waals surface area contributed by atoms with Crippen molar-refractivity contribution >= 4 is 11.3 Å². The fraction of sp³-hybridized carbons (Fsp3) is 0.455. The fourth-order valence-corrected chi connectivity index (χ4v) is 2.66. The molecule has 3 heterocycles. The second-order valence-electron chi connectivity index (χ2n) is 4.31. The summed E-state index contributed by atoms with van der Waals surface area (Å²) in [6.45, 7) is 2.62. The second-order valence-corrected chi connectivity index (χ2v) is 5.09. The highest BCUT2D eigenvalue weighted by Crippen LogP contribution is 2.19. The predicted molar refractivity (Wildman–Crippen MR) is 65.5 cm³/mol. The fourth-order valence-electron chi connectivity index (χ4n) is 2.03. The molecule has 2 aromatic heterocycles. The summed E-state index contributed by atoms with van der Waals surface area (Å²) in [7, 11) is 0. The quantitative estimate of drug-likeness (QED) is 0.890. The van der Waals surface area contributed by atoms with E-state index in [4.69, 9.17) is 10.3 Å². The average molecular weight is 250 g/mol. The lowest BCUT2D eigenvalue weighted by Gasteiger charge is -2.10.